The molecule has 1 unspecified atom stereocenters. The number of carbonyl (C=O) groups is 1. The molecule has 20 heavy (non-hydrogen) atoms. The fraction of sp³-hybridized carbons (Fsp3) is 0.533. The molecule has 1 fully saturated rings. The van der Waals surface area contributed by atoms with Crippen LogP contribution in [0.2, 0.25) is 10.0 Å². The number of likely N-dealkylation sites (N-methyl/N-ethyl adjacent to an activating group) is 1. The number of piperidine rings is 1. The molecule has 2 rings (SSSR count). The second kappa shape index (κ2) is 6.90. The summed E-state index contributed by atoms with van der Waals surface area (Å²) in [5.41, 5.74) is 0.546. The van der Waals surface area contributed by atoms with Crippen molar-refractivity contribution in [2.75, 3.05) is 20.1 Å². The summed E-state index contributed by atoms with van der Waals surface area (Å²) in [6.07, 6.45) is 2.14. The molecule has 1 N–H and O–H groups in total. The van der Waals surface area contributed by atoms with Crippen molar-refractivity contribution in [2.45, 2.75) is 31.8 Å². The molecule has 0 spiro atoms. The van der Waals surface area contributed by atoms with Crippen molar-refractivity contribution in [3.63, 3.8) is 0 Å². The van der Waals surface area contributed by atoms with E-state index in [1.807, 2.05) is 14.0 Å². The van der Waals surface area contributed by atoms with E-state index in [1.54, 1.807) is 18.2 Å². The van der Waals surface area contributed by atoms with Gasteiger partial charge < -0.3 is 5.32 Å². The van der Waals surface area contributed by atoms with Crippen LogP contribution in [0.5, 0.6) is 0 Å². The summed E-state index contributed by atoms with van der Waals surface area (Å²) in [5.74, 6) is 0.0488. The maximum Gasteiger partial charge on any atom is 0.181 e. The first kappa shape index (κ1) is 15.8. The molecular weight excluding hydrogens is 295 g/mol. The molecule has 1 aromatic rings. The van der Waals surface area contributed by atoms with Crippen LogP contribution in [0.1, 0.15) is 30.1 Å². The highest BCUT2D eigenvalue weighted by Gasteiger charge is 2.27. The van der Waals surface area contributed by atoms with Crippen molar-refractivity contribution in [1.29, 1.82) is 0 Å². The van der Waals surface area contributed by atoms with Gasteiger partial charge in [0.05, 0.1) is 11.1 Å². The molecule has 5 heteroatoms. The molecule has 0 aliphatic carbocycles. The minimum Gasteiger partial charge on any atom is -0.317 e. The van der Waals surface area contributed by atoms with Crippen LogP contribution in [0.25, 0.3) is 0 Å². The smallest absolute Gasteiger partial charge is 0.181 e. The van der Waals surface area contributed by atoms with Gasteiger partial charge in [-0.05, 0) is 58.1 Å². The second-order valence-corrected chi connectivity index (χ2v) is 6.15. The van der Waals surface area contributed by atoms with Gasteiger partial charge in [-0.25, -0.2) is 0 Å². The number of nitrogens with one attached hydrogen (secondary N) is 1. The zero-order valence-corrected chi connectivity index (χ0v) is 13.3. The third kappa shape index (κ3) is 3.53. The molecule has 1 atom stereocenters. The van der Waals surface area contributed by atoms with E-state index in [-0.39, 0.29) is 11.8 Å². The van der Waals surface area contributed by atoms with Crippen LogP contribution >= 0.6 is 23.2 Å². The van der Waals surface area contributed by atoms with Gasteiger partial charge in [0.1, 0.15) is 0 Å². The molecule has 0 aromatic heterocycles. The zero-order valence-electron chi connectivity index (χ0n) is 11.8. The Labute approximate surface area is 130 Å². The number of halogens is 2. The van der Waals surface area contributed by atoms with E-state index < -0.39 is 0 Å². The molecule has 0 radical (unpaired) electrons. The summed E-state index contributed by atoms with van der Waals surface area (Å²) in [7, 11) is 2.02. The first-order chi connectivity index (χ1) is 9.50. The Morgan fingerprint density at radius 1 is 1.35 bits per heavy atom. The molecule has 110 valence electrons. The maximum atomic E-state index is 12.6. The van der Waals surface area contributed by atoms with Crippen molar-refractivity contribution >= 4 is 29.0 Å². The van der Waals surface area contributed by atoms with Gasteiger partial charge in [-0.15, -0.1) is 0 Å². The van der Waals surface area contributed by atoms with Gasteiger partial charge in [0, 0.05) is 16.6 Å². The van der Waals surface area contributed by atoms with Crippen molar-refractivity contribution in [1.82, 2.24) is 10.2 Å². The van der Waals surface area contributed by atoms with Crippen LogP contribution in [0, 0.1) is 0 Å². The second-order valence-electron chi connectivity index (χ2n) is 5.31. The summed E-state index contributed by atoms with van der Waals surface area (Å²) >= 11 is 12.0. The number of hydrogen-bond acceptors (Lipinski definition) is 3. The minimum absolute atomic E-state index is 0.0488. The Bertz CT molecular complexity index is 487. The topological polar surface area (TPSA) is 32.3 Å². The Morgan fingerprint density at radius 2 is 2.00 bits per heavy atom. The summed E-state index contributed by atoms with van der Waals surface area (Å²) in [4.78, 5) is 14.7. The number of rotatable bonds is 4. The summed E-state index contributed by atoms with van der Waals surface area (Å²) in [6, 6.07) is 5.30. The largest absolute Gasteiger partial charge is 0.317 e. The molecule has 0 amide bonds. The molecule has 0 bridgehead atoms. The lowest BCUT2D eigenvalue weighted by atomic mass is 9.99. The van der Waals surface area contributed by atoms with E-state index in [1.165, 1.54) is 0 Å². The summed E-state index contributed by atoms with van der Waals surface area (Å²) in [5, 5.41) is 4.31. The Morgan fingerprint density at radius 3 is 2.60 bits per heavy atom. The van der Waals surface area contributed by atoms with E-state index in [9.17, 15) is 4.79 Å². The Hall–Kier alpha value is -0.610. The molecule has 1 saturated heterocycles. The van der Waals surface area contributed by atoms with E-state index in [0.29, 0.717) is 21.7 Å². The monoisotopic (exact) mass is 314 g/mol. The van der Waals surface area contributed by atoms with Crippen molar-refractivity contribution < 1.29 is 4.79 Å². The predicted molar refractivity (Wildman–Crippen MR) is 83.9 cm³/mol. The number of nitrogens with zero attached hydrogens (tertiary/aromatic N) is 1. The lowest BCUT2D eigenvalue weighted by Gasteiger charge is -2.35. The van der Waals surface area contributed by atoms with Gasteiger partial charge in [-0.3, -0.25) is 9.69 Å². The highest BCUT2D eigenvalue weighted by Crippen LogP contribution is 2.24. The van der Waals surface area contributed by atoms with Crippen LogP contribution in [0.15, 0.2) is 18.2 Å². The lowest BCUT2D eigenvalue weighted by molar-refractivity contribution is 0.0786. The van der Waals surface area contributed by atoms with Crippen molar-refractivity contribution in [2.24, 2.45) is 0 Å². The van der Waals surface area contributed by atoms with Crippen LogP contribution < -0.4 is 5.32 Å². The third-order valence-electron chi connectivity index (χ3n) is 4.07. The standard InChI is InChI=1S/C15H20Cl2N2O/c1-10(19(2)12-5-7-18-8-6-12)15(20)13-4-3-11(16)9-14(13)17/h3-4,9-10,12,18H,5-8H2,1-2H3. The van der Waals surface area contributed by atoms with E-state index in [0.717, 1.165) is 25.9 Å². The Kier molecular flexibility index (Phi) is 5.44. The summed E-state index contributed by atoms with van der Waals surface area (Å²) < 4.78 is 0. The highest BCUT2D eigenvalue weighted by atomic mass is 35.5. The minimum atomic E-state index is -0.184. The molecule has 0 saturated carbocycles. The molecule has 1 aliphatic rings. The fourth-order valence-corrected chi connectivity index (χ4v) is 3.13. The zero-order chi connectivity index (χ0) is 14.7. The van der Waals surface area contributed by atoms with Gasteiger partial charge in [0.2, 0.25) is 0 Å². The first-order valence-corrected chi connectivity index (χ1v) is 7.68. The van der Waals surface area contributed by atoms with Crippen LogP contribution in [-0.2, 0) is 0 Å². The fourth-order valence-electron chi connectivity index (χ4n) is 2.63. The number of Topliss-reactive ketones (excluding diaryl/α,β-unsaturated/α-hetero) is 1. The number of carbonyl (C=O) groups excluding carboxylic acids is 1. The number of benzene rings is 1. The van der Waals surface area contributed by atoms with Crippen molar-refractivity contribution in [3.8, 4) is 0 Å². The van der Waals surface area contributed by atoms with Crippen LogP contribution in [0.3, 0.4) is 0 Å². The highest BCUT2D eigenvalue weighted by molar-refractivity contribution is 6.37. The molecule has 1 aromatic carbocycles. The van der Waals surface area contributed by atoms with Gasteiger partial charge in [0.25, 0.3) is 0 Å². The van der Waals surface area contributed by atoms with Gasteiger partial charge in [-0.2, -0.15) is 0 Å². The van der Waals surface area contributed by atoms with E-state index in [4.69, 9.17) is 23.2 Å². The molecular formula is C15H20Cl2N2O. The van der Waals surface area contributed by atoms with Crippen molar-refractivity contribution in [3.05, 3.63) is 33.8 Å². The van der Waals surface area contributed by atoms with Gasteiger partial charge in [0.15, 0.2) is 5.78 Å². The van der Waals surface area contributed by atoms with Crippen LogP contribution in [0.4, 0.5) is 0 Å². The van der Waals surface area contributed by atoms with E-state index >= 15 is 0 Å². The predicted octanol–water partition coefficient (Wildman–Crippen LogP) is 3.25. The molecule has 3 nitrogen and oxygen atoms in total. The van der Waals surface area contributed by atoms with E-state index in [2.05, 4.69) is 10.2 Å². The number of hydrogen-bond donors (Lipinski definition) is 1. The van der Waals surface area contributed by atoms with Crippen LogP contribution in [-0.4, -0.2) is 42.9 Å². The lowest BCUT2D eigenvalue weighted by Crippen LogP contribution is -2.47. The number of ketones is 1. The maximum absolute atomic E-state index is 12.6. The summed E-state index contributed by atoms with van der Waals surface area (Å²) in [6.45, 7) is 3.96. The molecule has 1 aliphatic heterocycles. The normalized spacial score (nSPS) is 18.2. The van der Waals surface area contributed by atoms with Gasteiger partial charge in [-0.1, -0.05) is 23.2 Å². The quantitative estimate of drug-likeness (QED) is 0.866. The first-order valence-electron chi connectivity index (χ1n) is 6.92. The van der Waals surface area contributed by atoms with Gasteiger partial charge >= 0.3 is 0 Å². The SMILES string of the molecule is CC(C(=O)c1ccc(Cl)cc1Cl)N(C)C1CCNCC1. The third-order valence-corrected chi connectivity index (χ3v) is 4.62. The Balaban J connectivity index is 2.10. The average Bonchev–Trinajstić information content (AvgIpc) is 2.46. The molecule has 1 heterocycles. The average molecular weight is 315 g/mol.